The van der Waals surface area contributed by atoms with Crippen molar-refractivity contribution in [3.63, 3.8) is 0 Å². The van der Waals surface area contributed by atoms with Gasteiger partial charge in [-0.25, -0.2) is 0 Å². The van der Waals surface area contributed by atoms with E-state index in [2.05, 4.69) is 15.0 Å². The molecule has 0 fully saturated rings. The van der Waals surface area contributed by atoms with E-state index in [4.69, 9.17) is 15.2 Å². The Kier molecular flexibility index (Phi) is 6.75. The van der Waals surface area contributed by atoms with Gasteiger partial charge in [0.1, 0.15) is 17.2 Å². The van der Waals surface area contributed by atoms with Crippen LogP contribution in [0.3, 0.4) is 0 Å². The summed E-state index contributed by atoms with van der Waals surface area (Å²) in [5, 5.41) is 2.89. The fourth-order valence-corrected chi connectivity index (χ4v) is 2.32. The minimum atomic E-state index is -4.75. The molecule has 2 aromatic rings. The Morgan fingerprint density at radius 3 is 2.48 bits per heavy atom. The van der Waals surface area contributed by atoms with Crippen molar-refractivity contribution in [3.8, 4) is 17.2 Å². The quantitative estimate of drug-likeness (QED) is 0.565. The zero-order valence-electron chi connectivity index (χ0n) is 14.8. The molecule has 0 radical (unpaired) electrons. The zero-order valence-corrected chi connectivity index (χ0v) is 14.8. The van der Waals surface area contributed by atoms with Crippen LogP contribution in [-0.4, -0.2) is 33.1 Å². The smallest absolute Gasteiger partial charge is 0.497 e. The van der Waals surface area contributed by atoms with Crippen molar-refractivity contribution < 1.29 is 27.4 Å². The van der Waals surface area contributed by atoms with Crippen molar-refractivity contribution >= 4 is 11.6 Å². The number of benzene rings is 2. The van der Waals surface area contributed by atoms with E-state index in [0.717, 1.165) is 0 Å². The summed E-state index contributed by atoms with van der Waals surface area (Å²) in [6.45, 7) is 0.170. The number of para-hydroxylation sites is 1. The Labute approximate surface area is 154 Å². The second kappa shape index (κ2) is 9.02. The highest BCUT2D eigenvalue weighted by Crippen LogP contribution is 2.29. The number of halogens is 3. The fourth-order valence-electron chi connectivity index (χ4n) is 2.32. The molecule has 0 amide bonds. The van der Waals surface area contributed by atoms with E-state index in [1.807, 2.05) is 0 Å². The maximum absolute atomic E-state index is 12.4. The van der Waals surface area contributed by atoms with Crippen LogP contribution in [0.1, 0.15) is 5.56 Å². The van der Waals surface area contributed by atoms with E-state index >= 15 is 0 Å². The lowest BCUT2D eigenvalue weighted by molar-refractivity contribution is -0.274. The first-order valence-corrected chi connectivity index (χ1v) is 7.95. The number of anilines is 1. The summed E-state index contributed by atoms with van der Waals surface area (Å²) in [6, 6.07) is 11.0. The molecular weight excluding hydrogens is 363 g/mol. The van der Waals surface area contributed by atoms with Crippen molar-refractivity contribution in [1.29, 1.82) is 0 Å². The van der Waals surface area contributed by atoms with Gasteiger partial charge in [0.25, 0.3) is 0 Å². The first kappa shape index (κ1) is 20.2. The molecule has 0 aliphatic rings. The van der Waals surface area contributed by atoms with Crippen molar-refractivity contribution in [2.45, 2.75) is 12.8 Å². The number of alkyl halides is 3. The Morgan fingerprint density at radius 1 is 1.07 bits per heavy atom. The summed E-state index contributed by atoms with van der Waals surface area (Å²) < 4.78 is 51.7. The third kappa shape index (κ3) is 6.28. The van der Waals surface area contributed by atoms with Gasteiger partial charge >= 0.3 is 6.36 Å². The molecule has 0 heterocycles. The average Bonchev–Trinajstić information content (AvgIpc) is 2.61. The van der Waals surface area contributed by atoms with Gasteiger partial charge in [-0.05, 0) is 30.2 Å². The lowest BCUT2D eigenvalue weighted by atomic mass is 10.1. The first-order chi connectivity index (χ1) is 12.8. The van der Waals surface area contributed by atoms with Crippen LogP contribution >= 0.6 is 0 Å². The van der Waals surface area contributed by atoms with Crippen LogP contribution in [0.15, 0.2) is 47.5 Å². The molecule has 0 unspecified atom stereocenters. The molecule has 0 saturated carbocycles. The fraction of sp³-hybridized carbons (Fsp3) is 0.278. The average molecular weight is 383 g/mol. The molecule has 3 N–H and O–H groups in total. The van der Waals surface area contributed by atoms with E-state index in [1.54, 1.807) is 30.3 Å². The topological polar surface area (TPSA) is 78.1 Å². The Morgan fingerprint density at radius 2 is 1.81 bits per heavy atom. The van der Waals surface area contributed by atoms with Crippen LogP contribution in [0, 0.1) is 0 Å². The summed E-state index contributed by atoms with van der Waals surface area (Å²) in [5.41, 5.74) is 6.79. The van der Waals surface area contributed by atoms with Gasteiger partial charge in [0.2, 0.25) is 0 Å². The number of methoxy groups -OCH3 is 2. The van der Waals surface area contributed by atoms with Crippen LogP contribution < -0.4 is 25.3 Å². The second-order valence-electron chi connectivity index (χ2n) is 5.36. The number of rotatable bonds is 7. The minimum Gasteiger partial charge on any atom is -0.497 e. The monoisotopic (exact) mass is 383 g/mol. The Balaban J connectivity index is 2.03. The van der Waals surface area contributed by atoms with E-state index in [-0.39, 0.29) is 24.7 Å². The summed E-state index contributed by atoms with van der Waals surface area (Å²) in [7, 11) is 3.04. The number of aliphatic imine (C=N–C) groups is 1. The predicted molar refractivity (Wildman–Crippen MR) is 96.5 cm³/mol. The van der Waals surface area contributed by atoms with Gasteiger partial charge in [0.15, 0.2) is 5.96 Å². The van der Waals surface area contributed by atoms with Crippen LogP contribution in [0.2, 0.25) is 0 Å². The van der Waals surface area contributed by atoms with Crippen LogP contribution in [0.25, 0.3) is 0 Å². The minimum absolute atomic E-state index is 0.0933. The third-order valence-corrected chi connectivity index (χ3v) is 3.53. The highest BCUT2D eigenvalue weighted by molar-refractivity contribution is 5.94. The molecule has 2 aromatic carbocycles. The highest BCUT2D eigenvalue weighted by atomic mass is 19.4. The maximum Gasteiger partial charge on any atom is 0.573 e. The molecule has 0 bridgehead atoms. The largest absolute Gasteiger partial charge is 0.573 e. The van der Waals surface area contributed by atoms with Crippen molar-refractivity contribution in [2.24, 2.45) is 10.7 Å². The standard InChI is InChI=1S/C18H20F3N3O3/c1-25-13-7-8-16(26-2)14(11-13)24-17(22)23-10-9-12-5-3-4-6-15(12)27-18(19,20)21/h3-8,11H,9-10H2,1-2H3,(H3,22,23,24). The lowest BCUT2D eigenvalue weighted by Crippen LogP contribution is -2.23. The predicted octanol–water partition coefficient (Wildman–Crippen LogP) is 3.57. The summed E-state index contributed by atoms with van der Waals surface area (Å²) in [6.07, 6.45) is -4.52. The van der Waals surface area contributed by atoms with Crippen LogP contribution in [-0.2, 0) is 6.42 Å². The van der Waals surface area contributed by atoms with Gasteiger partial charge in [-0.3, -0.25) is 4.99 Å². The normalized spacial score (nSPS) is 11.8. The molecule has 0 saturated heterocycles. The van der Waals surface area contributed by atoms with E-state index < -0.39 is 6.36 Å². The van der Waals surface area contributed by atoms with Crippen molar-refractivity contribution in [1.82, 2.24) is 0 Å². The van der Waals surface area contributed by atoms with Gasteiger partial charge in [0, 0.05) is 12.6 Å². The summed E-state index contributed by atoms with van der Waals surface area (Å²) >= 11 is 0. The molecule has 0 aliphatic carbocycles. The third-order valence-electron chi connectivity index (χ3n) is 3.53. The van der Waals surface area contributed by atoms with Gasteiger partial charge < -0.3 is 25.3 Å². The summed E-state index contributed by atoms with van der Waals surface area (Å²) in [5.74, 6) is 0.985. The molecule has 0 aromatic heterocycles. The molecule has 27 heavy (non-hydrogen) atoms. The number of guanidine groups is 1. The molecule has 0 aliphatic heterocycles. The van der Waals surface area contributed by atoms with Gasteiger partial charge in [0.05, 0.1) is 19.9 Å². The first-order valence-electron chi connectivity index (χ1n) is 7.95. The van der Waals surface area contributed by atoms with E-state index in [0.29, 0.717) is 22.7 Å². The number of nitrogens with two attached hydrogens (primary N) is 1. The molecular formula is C18H20F3N3O3. The van der Waals surface area contributed by atoms with Gasteiger partial charge in [-0.15, -0.1) is 13.2 Å². The lowest BCUT2D eigenvalue weighted by Gasteiger charge is -2.13. The highest BCUT2D eigenvalue weighted by Gasteiger charge is 2.31. The second-order valence-corrected chi connectivity index (χ2v) is 5.36. The maximum atomic E-state index is 12.4. The Bertz CT molecular complexity index is 795. The number of hydrogen-bond donors (Lipinski definition) is 2. The molecule has 6 nitrogen and oxygen atoms in total. The SMILES string of the molecule is COc1ccc(OC)c(NC(N)=NCCc2ccccc2OC(F)(F)F)c1. The van der Waals surface area contributed by atoms with E-state index in [9.17, 15) is 13.2 Å². The van der Waals surface area contributed by atoms with Gasteiger partial charge in [-0.2, -0.15) is 0 Å². The van der Waals surface area contributed by atoms with Crippen LogP contribution in [0.5, 0.6) is 17.2 Å². The van der Waals surface area contributed by atoms with Gasteiger partial charge in [-0.1, -0.05) is 18.2 Å². The number of hydrogen-bond acceptors (Lipinski definition) is 4. The zero-order chi connectivity index (χ0) is 19.9. The number of nitrogens with one attached hydrogen (secondary N) is 1. The molecule has 9 heteroatoms. The number of ether oxygens (including phenoxy) is 3. The van der Waals surface area contributed by atoms with Crippen LogP contribution in [0.4, 0.5) is 18.9 Å². The Hall–Kier alpha value is -3.10. The molecule has 2 rings (SSSR count). The molecule has 0 spiro atoms. The van der Waals surface area contributed by atoms with E-state index in [1.165, 1.54) is 26.4 Å². The van der Waals surface area contributed by atoms with Crippen molar-refractivity contribution in [3.05, 3.63) is 48.0 Å². The summed E-state index contributed by atoms with van der Waals surface area (Å²) in [4.78, 5) is 4.13. The molecule has 146 valence electrons. The van der Waals surface area contributed by atoms with Crippen molar-refractivity contribution in [2.75, 3.05) is 26.1 Å². The molecule has 0 atom stereocenters. The number of nitrogens with zero attached hydrogens (tertiary/aromatic N) is 1.